The van der Waals surface area contributed by atoms with Crippen LogP contribution in [0.2, 0.25) is 0 Å². The number of hydrogen-bond donors (Lipinski definition) is 5. The standard InChI is InChI=1S/C30H34N6O7S/c37-23-10-5-18(13-14-31-25(38)4-2-1-3-24-28-22(16-44-24)34-30(42)35-28)15-21(23)33-17-32-20-8-6-19(7-9-20)29(41)43-36-26(39)11-12-27(36)40/h5-10,15,17,22,24,28,37H,1-4,11-14,16H2,(H,31,38)(H,32,33)(H2,34,35,42). The summed E-state index contributed by atoms with van der Waals surface area (Å²) in [5.41, 5.74) is 2.02. The number of imide groups is 1. The first-order valence-electron chi connectivity index (χ1n) is 14.5. The predicted molar refractivity (Wildman–Crippen MR) is 163 cm³/mol. The molecule has 44 heavy (non-hydrogen) atoms. The van der Waals surface area contributed by atoms with E-state index in [0.717, 1.165) is 30.6 Å². The summed E-state index contributed by atoms with van der Waals surface area (Å²) in [6.07, 6.45) is 5.17. The Morgan fingerprint density at radius 2 is 1.84 bits per heavy atom. The molecule has 2 aromatic rings. The van der Waals surface area contributed by atoms with E-state index >= 15 is 0 Å². The fourth-order valence-electron chi connectivity index (χ4n) is 5.22. The number of benzene rings is 2. The van der Waals surface area contributed by atoms with Crippen LogP contribution in [0.4, 0.5) is 16.2 Å². The van der Waals surface area contributed by atoms with Crippen LogP contribution in [0.1, 0.15) is 54.4 Å². The molecule has 0 spiro atoms. The minimum absolute atomic E-state index is 0.000601. The predicted octanol–water partition coefficient (Wildman–Crippen LogP) is 2.77. The van der Waals surface area contributed by atoms with Crippen LogP contribution >= 0.6 is 11.8 Å². The Bertz CT molecular complexity index is 1430. The Kier molecular flexibility index (Phi) is 10.00. The van der Waals surface area contributed by atoms with E-state index in [1.807, 2.05) is 11.8 Å². The third-order valence-electron chi connectivity index (χ3n) is 7.59. The monoisotopic (exact) mass is 622 g/mol. The van der Waals surface area contributed by atoms with Crippen molar-refractivity contribution in [1.82, 2.24) is 21.0 Å². The molecule has 5 rings (SSSR count). The van der Waals surface area contributed by atoms with Crippen molar-refractivity contribution in [2.75, 3.05) is 17.6 Å². The van der Waals surface area contributed by atoms with Crippen LogP contribution in [0.5, 0.6) is 5.75 Å². The van der Waals surface area contributed by atoms with Crippen molar-refractivity contribution in [3.05, 3.63) is 53.6 Å². The first-order valence-corrected chi connectivity index (χ1v) is 15.6. The molecule has 5 N–H and O–H groups in total. The Morgan fingerprint density at radius 3 is 2.61 bits per heavy atom. The van der Waals surface area contributed by atoms with Crippen LogP contribution in [-0.2, 0) is 25.6 Å². The van der Waals surface area contributed by atoms with E-state index < -0.39 is 17.8 Å². The van der Waals surface area contributed by atoms with Crippen molar-refractivity contribution in [1.29, 1.82) is 0 Å². The number of hydrogen-bond acceptors (Lipinski definition) is 9. The maximum absolute atomic E-state index is 12.3. The molecule has 3 atom stereocenters. The van der Waals surface area contributed by atoms with E-state index in [2.05, 4.69) is 26.3 Å². The number of nitrogens with one attached hydrogen (secondary N) is 4. The summed E-state index contributed by atoms with van der Waals surface area (Å²) in [7, 11) is 0. The number of urea groups is 1. The summed E-state index contributed by atoms with van der Waals surface area (Å²) < 4.78 is 0. The average molecular weight is 623 g/mol. The number of phenolic OH excluding ortho intramolecular Hbond substituents is 1. The molecule has 3 unspecified atom stereocenters. The van der Waals surface area contributed by atoms with E-state index in [4.69, 9.17) is 4.84 Å². The van der Waals surface area contributed by atoms with Crippen LogP contribution in [0.3, 0.4) is 0 Å². The molecule has 0 aliphatic carbocycles. The molecule has 3 aliphatic heterocycles. The van der Waals surface area contributed by atoms with Gasteiger partial charge in [0.1, 0.15) is 5.75 Å². The summed E-state index contributed by atoms with van der Waals surface area (Å²) >= 11 is 1.88. The minimum Gasteiger partial charge on any atom is -0.506 e. The van der Waals surface area contributed by atoms with Gasteiger partial charge in [0.15, 0.2) is 0 Å². The average Bonchev–Trinajstić information content (AvgIpc) is 3.67. The number of fused-ring (bicyclic) bond motifs is 1. The van der Waals surface area contributed by atoms with Crippen LogP contribution in [-0.4, -0.2) is 75.9 Å². The lowest BCUT2D eigenvalue weighted by Gasteiger charge is -2.16. The molecule has 0 saturated carbocycles. The zero-order valence-corrected chi connectivity index (χ0v) is 24.7. The number of anilines is 1. The summed E-state index contributed by atoms with van der Waals surface area (Å²) in [6.45, 7) is 0.464. The number of amides is 5. The SMILES string of the molecule is O=C(CCCCC1SCC2NC(=O)NC21)NCCc1ccc(O)c(N/C=N\c2ccc(C(=O)ON3C(=O)CCC3=O)cc2)c1. The molecule has 0 bridgehead atoms. The molecular formula is C30H34N6O7S. The Hall–Kier alpha value is -4.59. The molecule has 232 valence electrons. The van der Waals surface area contributed by atoms with Crippen molar-refractivity contribution in [3.8, 4) is 5.75 Å². The lowest BCUT2D eigenvalue weighted by Crippen LogP contribution is -2.36. The Balaban J connectivity index is 1.01. The quantitative estimate of drug-likeness (QED) is 0.0561. The van der Waals surface area contributed by atoms with E-state index in [0.29, 0.717) is 41.1 Å². The van der Waals surface area contributed by atoms with E-state index in [-0.39, 0.29) is 48.2 Å². The van der Waals surface area contributed by atoms with Crippen molar-refractivity contribution >= 4 is 59.2 Å². The normalized spacial score (nSPS) is 20.9. The van der Waals surface area contributed by atoms with Crippen LogP contribution in [0.15, 0.2) is 47.5 Å². The summed E-state index contributed by atoms with van der Waals surface area (Å²) in [5, 5.41) is 22.9. The van der Waals surface area contributed by atoms with Crippen molar-refractivity contribution < 1.29 is 33.9 Å². The Morgan fingerprint density at radius 1 is 1.07 bits per heavy atom. The zero-order valence-electron chi connectivity index (χ0n) is 23.9. The summed E-state index contributed by atoms with van der Waals surface area (Å²) in [6, 6.07) is 11.5. The van der Waals surface area contributed by atoms with Crippen LogP contribution in [0, 0.1) is 0 Å². The van der Waals surface area contributed by atoms with Crippen molar-refractivity contribution in [2.45, 2.75) is 62.3 Å². The van der Waals surface area contributed by atoms with Gasteiger partial charge >= 0.3 is 12.0 Å². The van der Waals surface area contributed by atoms with Crippen LogP contribution in [0.25, 0.3) is 0 Å². The van der Waals surface area contributed by atoms with Crippen molar-refractivity contribution in [2.24, 2.45) is 4.99 Å². The number of thioether (sulfide) groups is 1. The van der Waals surface area contributed by atoms with E-state index in [9.17, 15) is 29.1 Å². The lowest BCUT2D eigenvalue weighted by atomic mass is 10.0. The molecule has 3 saturated heterocycles. The van der Waals surface area contributed by atoms with Gasteiger partial charge in [-0.3, -0.25) is 14.4 Å². The first kappa shape index (κ1) is 30.9. The fraction of sp³-hybridized carbons (Fsp3) is 0.400. The second kappa shape index (κ2) is 14.3. The molecule has 13 nitrogen and oxygen atoms in total. The number of rotatable bonds is 13. The number of aliphatic imine (C=N–C) groups is 1. The number of nitrogens with zero attached hydrogens (tertiary/aromatic N) is 2. The highest BCUT2D eigenvalue weighted by atomic mass is 32.2. The molecule has 0 radical (unpaired) electrons. The number of aromatic hydroxyl groups is 1. The highest BCUT2D eigenvalue weighted by Gasteiger charge is 2.42. The van der Waals surface area contributed by atoms with Gasteiger partial charge in [0.25, 0.3) is 11.8 Å². The molecule has 5 amide bonds. The largest absolute Gasteiger partial charge is 0.506 e. The third kappa shape index (κ3) is 7.86. The van der Waals surface area contributed by atoms with Gasteiger partial charge in [-0.25, -0.2) is 14.6 Å². The molecule has 14 heteroatoms. The molecular weight excluding hydrogens is 588 g/mol. The van der Waals surface area contributed by atoms with E-state index in [1.165, 1.54) is 18.5 Å². The van der Waals surface area contributed by atoms with Gasteiger partial charge in [-0.15, -0.1) is 5.06 Å². The number of unbranched alkanes of at least 4 members (excludes halogenated alkanes) is 1. The van der Waals surface area contributed by atoms with Gasteiger partial charge in [-0.1, -0.05) is 12.5 Å². The van der Waals surface area contributed by atoms with Crippen molar-refractivity contribution in [3.63, 3.8) is 0 Å². The number of phenols is 1. The Labute approximate surface area is 258 Å². The summed E-state index contributed by atoms with van der Waals surface area (Å²) in [4.78, 5) is 68.5. The topological polar surface area (TPSA) is 179 Å². The van der Waals surface area contributed by atoms with Gasteiger partial charge in [0.05, 0.1) is 35.4 Å². The van der Waals surface area contributed by atoms with Gasteiger partial charge in [0, 0.05) is 36.8 Å². The molecule has 3 fully saturated rings. The van der Waals surface area contributed by atoms with E-state index in [1.54, 1.807) is 30.3 Å². The first-order chi connectivity index (χ1) is 21.3. The highest BCUT2D eigenvalue weighted by Crippen LogP contribution is 2.33. The third-order valence-corrected chi connectivity index (χ3v) is 9.10. The molecule has 2 aromatic carbocycles. The number of carbonyl (C=O) groups is 5. The molecule has 0 aromatic heterocycles. The van der Waals surface area contributed by atoms with Gasteiger partial charge in [-0.2, -0.15) is 11.8 Å². The fourth-order valence-corrected chi connectivity index (χ4v) is 6.76. The van der Waals surface area contributed by atoms with Crippen LogP contribution < -0.4 is 21.3 Å². The maximum atomic E-state index is 12.3. The number of carbonyl (C=O) groups excluding carboxylic acids is 5. The maximum Gasteiger partial charge on any atom is 0.363 e. The smallest absolute Gasteiger partial charge is 0.363 e. The van der Waals surface area contributed by atoms with Gasteiger partial charge < -0.3 is 31.2 Å². The lowest BCUT2D eigenvalue weighted by molar-refractivity contribution is -0.172. The van der Waals surface area contributed by atoms with Gasteiger partial charge in [0.2, 0.25) is 5.91 Å². The summed E-state index contributed by atoms with van der Waals surface area (Å²) in [5.74, 6) is -0.957. The second-order valence-corrected chi connectivity index (χ2v) is 12.0. The number of hydroxylamine groups is 2. The molecule has 3 aliphatic rings. The minimum atomic E-state index is -0.823. The van der Waals surface area contributed by atoms with Gasteiger partial charge in [-0.05, 0) is 61.2 Å². The second-order valence-electron chi connectivity index (χ2n) is 10.7. The zero-order chi connectivity index (χ0) is 31.1. The molecule has 3 heterocycles. The highest BCUT2D eigenvalue weighted by molar-refractivity contribution is 8.00.